The molecule has 3 rings (SSSR count). The first-order valence-electron chi connectivity index (χ1n) is 8.87. The average Bonchev–Trinajstić information content (AvgIpc) is 2.63. The minimum absolute atomic E-state index is 0.0922. The zero-order valence-corrected chi connectivity index (χ0v) is 15.6. The molecule has 2 aromatic rings. The van der Waals surface area contributed by atoms with E-state index in [4.69, 9.17) is 9.47 Å². The van der Waals surface area contributed by atoms with Gasteiger partial charge in [-0.25, -0.2) is 4.98 Å². The summed E-state index contributed by atoms with van der Waals surface area (Å²) >= 11 is 0. The van der Waals surface area contributed by atoms with Crippen molar-refractivity contribution in [1.29, 1.82) is 0 Å². The van der Waals surface area contributed by atoms with Crippen LogP contribution in [0.2, 0.25) is 0 Å². The van der Waals surface area contributed by atoms with Crippen molar-refractivity contribution in [3.05, 3.63) is 48.2 Å². The SMILES string of the molecule is Cc1ccc(Oc2ccc(NC(=O)C(=O)N3CC(C)OC(C)C3)cn2)cc1. The van der Waals surface area contributed by atoms with Gasteiger partial charge in [-0.05, 0) is 39.0 Å². The zero-order chi connectivity index (χ0) is 19.4. The molecule has 2 heterocycles. The highest BCUT2D eigenvalue weighted by molar-refractivity contribution is 6.39. The van der Waals surface area contributed by atoms with E-state index in [-0.39, 0.29) is 12.2 Å². The normalized spacial score (nSPS) is 19.4. The standard InChI is InChI=1S/C20H23N3O4/c1-13-4-7-17(8-5-13)27-18-9-6-16(10-21-18)22-19(24)20(25)23-11-14(2)26-15(3)12-23/h4-10,14-15H,11-12H2,1-3H3,(H,22,24). The van der Waals surface area contributed by atoms with Crippen molar-refractivity contribution >= 4 is 17.5 Å². The Bertz CT molecular complexity index is 795. The molecule has 0 radical (unpaired) electrons. The molecular formula is C20H23N3O4. The van der Waals surface area contributed by atoms with E-state index in [1.54, 1.807) is 12.1 Å². The quantitative estimate of drug-likeness (QED) is 0.842. The highest BCUT2D eigenvalue weighted by Crippen LogP contribution is 2.21. The first-order valence-corrected chi connectivity index (χ1v) is 8.87. The third-order valence-corrected chi connectivity index (χ3v) is 4.14. The van der Waals surface area contributed by atoms with Crippen LogP contribution in [0, 0.1) is 6.92 Å². The molecule has 0 aliphatic carbocycles. The van der Waals surface area contributed by atoms with Gasteiger partial charge >= 0.3 is 11.8 Å². The predicted molar refractivity (Wildman–Crippen MR) is 101 cm³/mol. The zero-order valence-electron chi connectivity index (χ0n) is 15.6. The lowest BCUT2D eigenvalue weighted by atomic mass is 10.2. The van der Waals surface area contributed by atoms with Gasteiger partial charge in [-0.2, -0.15) is 0 Å². The van der Waals surface area contributed by atoms with Gasteiger partial charge in [0, 0.05) is 19.2 Å². The predicted octanol–water partition coefficient (Wildman–Crippen LogP) is 2.76. The molecule has 0 bridgehead atoms. The maximum atomic E-state index is 12.3. The highest BCUT2D eigenvalue weighted by Gasteiger charge is 2.29. The van der Waals surface area contributed by atoms with Crippen molar-refractivity contribution in [1.82, 2.24) is 9.88 Å². The number of nitrogens with zero attached hydrogens (tertiary/aromatic N) is 2. The van der Waals surface area contributed by atoms with Gasteiger partial charge in [0.15, 0.2) is 0 Å². The van der Waals surface area contributed by atoms with E-state index in [2.05, 4.69) is 10.3 Å². The van der Waals surface area contributed by atoms with Crippen LogP contribution in [-0.4, -0.2) is 47.0 Å². The van der Waals surface area contributed by atoms with E-state index >= 15 is 0 Å². The Morgan fingerprint density at radius 1 is 1.11 bits per heavy atom. The molecule has 1 fully saturated rings. The second-order valence-electron chi connectivity index (χ2n) is 6.72. The monoisotopic (exact) mass is 369 g/mol. The van der Waals surface area contributed by atoms with Gasteiger partial charge < -0.3 is 19.7 Å². The summed E-state index contributed by atoms with van der Waals surface area (Å²) in [5, 5.41) is 2.58. The summed E-state index contributed by atoms with van der Waals surface area (Å²) in [5.74, 6) is -0.183. The van der Waals surface area contributed by atoms with Crippen LogP contribution in [0.4, 0.5) is 5.69 Å². The van der Waals surface area contributed by atoms with E-state index in [0.717, 1.165) is 5.56 Å². The van der Waals surface area contributed by atoms with Crippen LogP contribution in [0.1, 0.15) is 19.4 Å². The number of rotatable bonds is 3. The van der Waals surface area contributed by atoms with E-state index in [1.165, 1.54) is 11.1 Å². The molecule has 1 aromatic carbocycles. The second-order valence-corrected chi connectivity index (χ2v) is 6.72. The number of morpholine rings is 1. The Labute approximate surface area is 158 Å². The number of amides is 2. The van der Waals surface area contributed by atoms with E-state index < -0.39 is 11.8 Å². The van der Waals surface area contributed by atoms with E-state index in [1.807, 2.05) is 45.0 Å². The Balaban J connectivity index is 1.58. The molecule has 1 N–H and O–H groups in total. The van der Waals surface area contributed by atoms with Gasteiger partial charge in [-0.1, -0.05) is 17.7 Å². The van der Waals surface area contributed by atoms with Crippen LogP contribution in [0.15, 0.2) is 42.6 Å². The lowest BCUT2D eigenvalue weighted by Crippen LogP contribution is -2.51. The smallest absolute Gasteiger partial charge is 0.313 e. The Kier molecular flexibility index (Phi) is 5.71. The van der Waals surface area contributed by atoms with Crippen molar-refractivity contribution in [2.75, 3.05) is 18.4 Å². The van der Waals surface area contributed by atoms with Crippen LogP contribution in [-0.2, 0) is 14.3 Å². The molecule has 0 spiro atoms. The number of carbonyl (C=O) groups excluding carboxylic acids is 2. The summed E-state index contributed by atoms with van der Waals surface area (Å²) in [6.45, 7) is 6.56. The number of carbonyl (C=O) groups is 2. The third-order valence-electron chi connectivity index (χ3n) is 4.14. The van der Waals surface area contributed by atoms with Crippen molar-refractivity contribution in [3.8, 4) is 11.6 Å². The highest BCUT2D eigenvalue weighted by atomic mass is 16.5. The van der Waals surface area contributed by atoms with Crippen molar-refractivity contribution in [3.63, 3.8) is 0 Å². The minimum Gasteiger partial charge on any atom is -0.439 e. The fraction of sp³-hybridized carbons (Fsp3) is 0.350. The maximum Gasteiger partial charge on any atom is 0.313 e. The molecule has 0 saturated carbocycles. The fourth-order valence-electron chi connectivity index (χ4n) is 2.91. The van der Waals surface area contributed by atoms with Gasteiger partial charge in [-0.3, -0.25) is 9.59 Å². The number of aromatic nitrogens is 1. The second kappa shape index (κ2) is 8.18. The molecule has 1 aliphatic heterocycles. The summed E-state index contributed by atoms with van der Waals surface area (Å²) in [5.41, 5.74) is 1.57. The Hall–Kier alpha value is -2.93. The summed E-state index contributed by atoms with van der Waals surface area (Å²) in [6.07, 6.45) is 1.27. The topological polar surface area (TPSA) is 80.8 Å². The van der Waals surface area contributed by atoms with Crippen LogP contribution in [0.5, 0.6) is 11.6 Å². The fourth-order valence-corrected chi connectivity index (χ4v) is 2.91. The molecule has 142 valence electrons. The number of pyridine rings is 1. The molecule has 1 aliphatic rings. The lowest BCUT2D eigenvalue weighted by Gasteiger charge is -2.34. The summed E-state index contributed by atoms with van der Waals surface area (Å²) in [6, 6.07) is 10.9. The van der Waals surface area contributed by atoms with Crippen LogP contribution >= 0.6 is 0 Å². The first-order chi connectivity index (χ1) is 12.9. The van der Waals surface area contributed by atoms with Crippen molar-refractivity contribution < 1.29 is 19.1 Å². The average molecular weight is 369 g/mol. The molecule has 7 nitrogen and oxygen atoms in total. The van der Waals surface area contributed by atoms with Crippen LogP contribution in [0.25, 0.3) is 0 Å². The maximum absolute atomic E-state index is 12.3. The Morgan fingerprint density at radius 3 is 2.37 bits per heavy atom. The Morgan fingerprint density at radius 2 is 1.78 bits per heavy atom. The lowest BCUT2D eigenvalue weighted by molar-refractivity contribution is -0.151. The number of hydrogen-bond donors (Lipinski definition) is 1. The number of benzene rings is 1. The molecule has 1 saturated heterocycles. The van der Waals surface area contributed by atoms with Crippen LogP contribution in [0.3, 0.4) is 0 Å². The summed E-state index contributed by atoms with van der Waals surface area (Å²) in [4.78, 5) is 30.2. The van der Waals surface area contributed by atoms with Gasteiger partial charge in [0.2, 0.25) is 5.88 Å². The largest absolute Gasteiger partial charge is 0.439 e. The molecular weight excluding hydrogens is 346 g/mol. The number of ether oxygens (including phenoxy) is 2. The van der Waals surface area contributed by atoms with Crippen molar-refractivity contribution in [2.24, 2.45) is 0 Å². The van der Waals surface area contributed by atoms with Crippen molar-refractivity contribution in [2.45, 2.75) is 33.0 Å². The molecule has 27 heavy (non-hydrogen) atoms. The molecule has 1 aromatic heterocycles. The number of nitrogens with one attached hydrogen (secondary N) is 1. The van der Waals surface area contributed by atoms with Gasteiger partial charge in [0.25, 0.3) is 0 Å². The van der Waals surface area contributed by atoms with E-state index in [0.29, 0.717) is 30.4 Å². The van der Waals surface area contributed by atoms with E-state index in [9.17, 15) is 9.59 Å². The molecule has 2 atom stereocenters. The first kappa shape index (κ1) is 18.8. The van der Waals surface area contributed by atoms with Crippen LogP contribution < -0.4 is 10.1 Å². The van der Waals surface area contributed by atoms with Gasteiger partial charge in [0.05, 0.1) is 24.1 Å². The summed E-state index contributed by atoms with van der Waals surface area (Å²) < 4.78 is 11.2. The summed E-state index contributed by atoms with van der Waals surface area (Å²) in [7, 11) is 0. The van der Waals surface area contributed by atoms with Gasteiger partial charge in [-0.15, -0.1) is 0 Å². The number of anilines is 1. The number of hydrogen-bond acceptors (Lipinski definition) is 5. The molecule has 2 unspecified atom stereocenters. The minimum atomic E-state index is -0.690. The molecule has 7 heteroatoms. The third kappa shape index (κ3) is 5.04. The molecule has 2 amide bonds. The van der Waals surface area contributed by atoms with Gasteiger partial charge in [0.1, 0.15) is 5.75 Å². The number of aryl methyl sites for hydroxylation is 1.